The quantitative estimate of drug-likeness (QED) is 0.832. The summed E-state index contributed by atoms with van der Waals surface area (Å²) in [6.07, 6.45) is 3.42. The standard InChI is InChI=1S/C15H18N4O/c1-12(2)19(10-4-8-17)15(20)14-6-9-18-11-13(14)5-3-7-16/h6,9,11-12H,4,7,10,16H2,1-2H3. The fourth-order valence-corrected chi connectivity index (χ4v) is 1.75. The van der Waals surface area contributed by atoms with E-state index in [1.54, 1.807) is 23.4 Å². The molecule has 2 N–H and O–H groups in total. The van der Waals surface area contributed by atoms with Crippen LogP contribution in [0.3, 0.4) is 0 Å². The molecule has 0 bridgehead atoms. The van der Waals surface area contributed by atoms with Crippen LogP contribution >= 0.6 is 0 Å². The van der Waals surface area contributed by atoms with Crippen molar-refractivity contribution in [1.29, 1.82) is 5.26 Å². The van der Waals surface area contributed by atoms with Crippen LogP contribution in [0, 0.1) is 23.2 Å². The van der Waals surface area contributed by atoms with E-state index < -0.39 is 0 Å². The van der Waals surface area contributed by atoms with Crippen molar-refractivity contribution >= 4 is 5.91 Å². The van der Waals surface area contributed by atoms with Gasteiger partial charge < -0.3 is 10.6 Å². The van der Waals surface area contributed by atoms with E-state index in [1.807, 2.05) is 13.8 Å². The molecule has 5 heteroatoms. The normalized spacial score (nSPS) is 9.55. The van der Waals surface area contributed by atoms with E-state index in [1.165, 1.54) is 0 Å². The molecule has 0 saturated heterocycles. The van der Waals surface area contributed by atoms with Crippen molar-refractivity contribution in [3.63, 3.8) is 0 Å². The van der Waals surface area contributed by atoms with E-state index in [4.69, 9.17) is 11.0 Å². The number of aromatic nitrogens is 1. The largest absolute Gasteiger partial charge is 0.335 e. The number of amides is 1. The van der Waals surface area contributed by atoms with Crippen LogP contribution in [-0.4, -0.2) is 34.9 Å². The second-order valence-electron chi connectivity index (χ2n) is 4.43. The van der Waals surface area contributed by atoms with Crippen molar-refractivity contribution < 1.29 is 4.79 Å². The summed E-state index contributed by atoms with van der Waals surface area (Å²) in [6.45, 7) is 4.47. The lowest BCUT2D eigenvalue weighted by molar-refractivity contribution is 0.0710. The van der Waals surface area contributed by atoms with Gasteiger partial charge in [-0.2, -0.15) is 5.26 Å². The van der Waals surface area contributed by atoms with E-state index in [9.17, 15) is 4.79 Å². The second kappa shape index (κ2) is 7.93. The highest BCUT2D eigenvalue weighted by molar-refractivity contribution is 5.96. The van der Waals surface area contributed by atoms with Crippen LogP contribution in [0.5, 0.6) is 0 Å². The summed E-state index contributed by atoms with van der Waals surface area (Å²) < 4.78 is 0. The Hall–Kier alpha value is -2.37. The number of carbonyl (C=O) groups excluding carboxylic acids is 1. The Kier molecular flexibility index (Phi) is 6.22. The lowest BCUT2D eigenvalue weighted by Crippen LogP contribution is -2.38. The van der Waals surface area contributed by atoms with Gasteiger partial charge in [0, 0.05) is 25.0 Å². The first kappa shape index (κ1) is 15.7. The molecule has 0 spiro atoms. The summed E-state index contributed by atoms with van der Waals surface area (Å²) in [5, 5.41) is 8.69. The maximum atomic E-state index is 12.6. The molecule has 104 valence electrons. The first-order chi connectivity index (χ1) is 9.61. The zero-order valence-electron chi connectivity index (χ0n) is 11.8. The molecule has 1 heterocycles. The molecule has 1 amide bonds. The molecule has 0 saturated carbocycles. The molecule has 0 aliphatic rings. The van der Waals surface area contributed by atoms with Gasteiger partial charge in [-0.05, 0) is 19.9 Å². The molecule has 20 heavy (non-hydrogen) atoms. The molecule has 0 atom stereocenters. The van der Waals surface area contributed by atoms with Crippen LogP contribution in [0.4, 0.5) is 0 Å². The van der Waals surface area contributed by atoms with Gasteiger partial charge in [0.1, 0.15) is 0 Å². The SMILES string of the molecule is CC(C)N(CCC#N)C(=O)c1ccncc1C#CCN. The summed E-state index contributed by atoms with van der Waals surface area (Å²) in [5.74, 6) is 5.44. The summed E-state index contributed by atoms with van der Waals surface area (Å²) in [4.78, 5) is 18.2. The van der Waals surface area contributed by atoms with E-state index >= 15 is 0 Å². The first-order valence-corrected chi connectivity index (χ1v) is 6.42. The van der Waals surface area contributed by atoms with E-state index in [0.717, 1.165) is 0 Å². The molecule has 1 aromatic heterocycles. The van der Waals surface area contributed by atoms with Gasteiger partial charge in [0.15, 0.2) is 0 Å². The highest BCUT2D eigenvalue weighted by Crippen LogP contribution is 2.12. The van der Waals surface area contributed by atoms with Crippen molar-refractivity contribution in [2.45, 2.75) is 26.3 Å². The van der Waals surface area contributed by atoms with Crippen LogP contribution < -0.4 is 5.73 Å². The lowest BCUT2D eigenvalue weighted by Gasteiger charge is -2.26. The minimum atomic E-state index is -0.140. The molecular weight excluding hydrogens is 252 g/mol. The molecular formula is C15H18N4O. The van der Waals surface area contributed by atoms with Crippen LogP contribution in [0.1, 0.15) is 36.2 Å². The summed E-state index contributed by atoms with van der Waals surface area (Å²) in [7, 11) is 0. The van der Waals surface area contributed by atoms with Gasteiger partial charge >= 0.3 is 0 Å². The third-order valence-electron chi connectivity index (χ3n) is 2.73. The molecule has 5 nitrogen and oxygen atoms in total. The molecule has 0 aliphatic heterocycles. The maximum Gasteiger partial charge on any atom is 0.255 e. The number of hydrogen-bond donors (Lipinski definition) is 1. The zero-order valence-corrected chi connectivity index (χ0v) is 11.8. The molecule has 0 aliphatic carbocycles. The van der Waals surface area contributed by atoms with Gasteiger partial charge in [-0.1, -0.05) is 11.8 Å². The zero-order chi connectivity index (χ0) is 15.0. The van der Waals surface area contributed by atoms with E-state index in [2.05, 4.69) is 22.9 Å². The fourth-order valence-electron chi connectivity index (χ4n) is 1.75. The number of rotatable bonds is 4. The van der Waals surface area contributed by atoms with Crippen LogP contribution in [0.25, 0.3) is 0 Å². The van der Waals surface area contributed by atoms with Crippen molar-refractivity contribution in [3.8, 4) is 17.9 Å². The molecule has 0 aromatic carbocycles. The average Bonchev–Trinajstić information content (AvgIpc) is 2.45. The second-order valence-corrected chi connectivity index (χ2v) is 4.43. The summed E-state index contributed by atoms with van der Waals surface area (Å²) >= 11 is 0. The Labute approximate surface area is 119 Å². The van der Waals surface area contributed by atoms with Crippen LogP contribution in [0.15, 0.2) is 18.5 Å². The number of nitrogens with two attached hydrogens (primary N) is 1. The van der Waals surface area contributed by atoms with Crippen molar-refractivity contribution in [2.24, 2.45) is 5.73 Å². The average molecular weight is 270 g/mol. The number of hydrogen-bond acceptors (Lipinski definition) is 4. The Balaban J connectivity index is 3.09. The Morgan fingerprint density at radius 3 is 2.90 bits per heavy atom. The summed E-state index contributed by atoms with van der Waals surface area (Å²) in [6, 6.07) is 3.71. The molecule has 1 rings (SSSR count). The fraction of sp³-hybridized carbons (Fsp3) is 0.400. The minimum absolute atomic E-state index is 0.0133. The highest BCUT2D eigenvalue weighted by atomic mass is 16.2. The van der Waals surface area contributed by atoms with Gasteiger partial charge in [-0.15, -0.1) is 0 Å². The van der Waals surface area contributed by atoms with Gasteiger partial charge in [0.05, 0.1) is 30.2 Å². The molecule has 0 radical (unpaired) electrons. The third-order valence-corrected chi connectivity index (χ3v) is 2.73. The smallest absolute Gasteiger partial charge is 0.255 e. The van der Waals surface area contributed by atoms with E-state index in [0.29, 0.717) is 24.1 Å². The monoisotopic (exact) mass is 270 g/mol. The third kappa shape index (κ3) is 4.08. The predicted molar refractivity (Wildman–Crippen MR) is 76.6 cm³/mol. The number of nitriles is 1. The topological polar surface area (TPSA) is 83.0 Å². The van der Waals surface area contributed by atoms with Gasteiger partial charge in [-0.3, -0.25) is 9.78 Å². The van der Waals surface area contributed by atoms with Crippen molar-refractivity contribution in [3.05, 3.63) is 29.6 Å². The number of nitrogens with zero attached hydrogens (tertiary/aromatic N) is 3. The summed E-state index contributed by atoms with van der Waals surface area (Å²) in [5.41, 5.74) is 6.40. The van der Waals surface area contributed by atoms with E-state index in [-0.39, 0.29) is 18.5 Å². The first-order valence-electron chi connectivity index (χ1n) is 6.42. The van der Waals surface area contributed by atoms with Crippen molar-refractivity contribution in [2.75, 3.05) is 13.1 Å². The molecule has 1 aromatic rings. The van der Waals surface area contributed by atoms with Gasteiger partial charge in [0.25, 0.3) is 5.91 Å². The highest BCUT2D eigenvalue weighted by Gasteiger charge is 2.20. The molecule has 0 unspecified atom stereocenters. The lowest BCUT2D eigenvalue weighted by atomic mass is 10.1. The number of pyridine rings is 1. The van der Waals surface area contributed by atoms with Crippen LogP contribution in [-0.2, 0) is 0 Å². The Bertz CT molecular complexity index is 563. The predicted octanol–water partition coefficient (Wildman–Crippen LogP) is 1.16. The van der Waals surface area contributed by atoms with Crippen LogP contribution in [0.2, 0.25) is 0 Å². The van der Waals surface area contributed by atoms with Gasteiger partial charge in [0.2, 0.25) is 0 Å². The Morgan fingerprint density at radius 1 is 1.55 bits per heavy atom. The van der Waals surface area contributed by atoms with Gasteiger partial charge in [-0.25, -0.2) is 0 Å². The number of carbonyl (C=O) groups is 1. The van der Waals surface area contributed by atoms with Crippen molar-refractivity contribution in [1.82, 2.24) is 9.88 Å². The maximum absolute atomic E-state index is 12.6. The Morgan fingerprint density at radius 2 is 2.30 bits per heavy atom. The minimum Gasteiger partial charge on any atom is -0.335 e. The molecule has 0 fully saturated rings.